The van der Waals surface area contributed by atoms with Crippen molar-refractivity contribution >= 4 is 17.5 Å². The molecule has 1 unspecified atom stereocenters. The molecule has 0 radical (unpaired) electrons. The average Bonchev–Trinajstić information content (AvgIpc) is 2.25. The molecule has 0 aromatic carbocycles. The average molecular weight is 260 g/mol. The monoisotopic (exact) mass is 259 g/mol. The molecule has 6 nitrogen and oxygen atoms in total. The van der Waals surface area contributed by atoms with Crippen LogP contribution in [0.4, 0.5) is 0 Å². The van der Waals surface area contributed by atoms with E-state index in [0.717, 1.165) is 17.2 Å². The molecule has 94 valence electrons. The molecule has 1 aromatic rings. The summed E-state index contributed by atoms with van der Waals surface area (Å²) in [5.74, 6) is -0.301. The van der Waals surface area contributed by atoms with Crippen LogP contribution >= 0.6 is 11.6 Å². The van der Waals surface area contributed by atoms with E-state index < -0.39 is 11.2 Å². The van der Waals surface area contributed by atoms with Crippen molar-refractivity contribution in [2.45, 2.75) is 32.9 Å². The van der Waals surface area contributed by atoms with Crippen LogP contribution in [0.15, 0.2) is 15.8 Å². The second kappa shape index (κ2) is 5.67. The molecule has 1 aromatic heterocycles. The molecule has 2 N–H and O–H groups in total. The summed E-state index contributed by atoms with van der Waals surface area (Å²) in [6, 6.07) is 0.0384. The van der Waals surface area contributed by atoms with Gasteiger partial charge < -0.3 is 5.32 Å². The third-order valence-corrected chi connectivity index (χ3v) is 2.57. The summed E-state index contributed by atoms with van der Waals surface area (Å²) in [6.07, 6.45) is 1.95. The van der Waals surface area contributed by atoms with E-state index in [4.69, 9.17) is 11.6 Å². The molecule has 0 saturated carbocycles. The summed E-state index contributed by atoms with van der Waals surface area (Å²) in [6.45, 7) is 3.63. The number of halogens is 1. The van der Waals surface area contributed by atoms with Crippen molar-refractivity contribution in [1.29, 1.82) is 0 Å². The smallest absolute Gasteiger partial charge is 0.328 e. The molecule has 1 atom stereocenters. The molecular formula is C10H14ClN3O3. The lowest BCUT2D eigenvalue weighted by Crippen LogP contribution is -2.39. The predicted octanol–water partition coefficient (Wildman–Crippen LogP) is 0.105. The van der Waals surface area contributed by atoms with Crippen LogP contribution in [0.3, 0.4) is 0 Å². The van der Waals surface area contributed by atoms with Crippen LogP contribution in [0.1, 0.15) is 20.3 Å². The van der Waals surface area contributed by atoms with Gasteiger partial charge in [-0.3, -0.25) is 19.1 Å². The molecule has 0 aliphatic heterocycles. The van der Waals surface area contributed by atoms with Gasteiger partial charge in [0, 0.05) is 12.2 Å². The SMILES string of the molecule is CCC(C)NC(=O)Cn1cc(Cl)c(=O)[nH]c1=O. The zero-order valence-corrected chi connectivity index (χ0v) is 10.4. The highest BCUT2D eigenvalue weighted by Crippen LogP contribution is 1.96. The Morgan fingerprint density at radius 2 is 2.24 bits per heavy atom. The second-order valence-corrected chi connectivity index (χ2v) is 4.15. The lowest BCUT2D eigenvalue weighted by Gasteiger charge is -2.11. The maximum absolute atomic E-state index is 11.5. The molecule has 1 rings (SSSR count). The quantitative estimate of drug-likeness (QED) is 0.805. The molecule has 0 saturated heterocycles. The Bertz CT molecular complexity index is 520. The number of hydrogen-bond donors (Lipinski definition) is 2. The molecule has 1 amide bonds. The number of H-pyrrole nitrogens is 1. The number of rotatable bonds is 4. The number of carbonyl (C=O) groups excluding carboxylic acids is 1. The van der Waals surface area contributed by atoms with Crippen LogP contribution in [0.2, 0.25) is 5.02 Å². The van der Waals surface area contributed by atoms with E-state index in [0.29, 0.717) is 0 Å². The fourth-order valence-corrected chi connectivity index (χ4v) is 1.34. The van der Waals surface area contributed by atoms with Gasteiger partial charge in [-0.2, -0.15) is 0 Å². The Morgan fingerprint density at radius 3 is 2.82 bits per heavy atom. The summed E-state index contributed by atoms with van der Waals surface area (Å²) in [4.78, 5) is 35.9. The number of amides is 1. The van der Waals surface area contributed by atoms with Gasteiger partial charge in [-0.1, -0.05) is 18.5 Å². The summed E-state index contributed by atoms with van der Waals surface area (Å²) >= 11 is 5.57. The highest BCUT2D eigenvalue weighted by Gasteiger charge is 2.09. The van der Waals surface area contributed by atoms with E-state index in [1.807, 2.05) is 18.8 Å². The molecule has 17 heavy (non-hydrogen) atoms. The van der Waals surface area contributed by atoms with Gasteiger partial charge in [0.05, 0.1) is 0 Å². The van der Waals surface area contributed by atoms with Gasteiger partial charge in [-0.15, -0.1) is 0 Å². The molecule has 1 heterocycles. The van der Waals surface area contributed by atoms with E-state index >= 15 is 0 Å². The second-order valence-electron chi connectivity index (χ2n) is 3.74. The first kappa shape index (κ1) is 13.5. The predicted molar refractivity (Wildman–Crippen MR) is 64.2 cm³/mol. The van der Waals surface area contributed by atoms with E-state index in [-0.39, 0.29) is 23.5 Å². The van der Waals surface area contributed by atoms with E-state index in [1.54, 1.807) is 0 Å². The van der Waals surface area contributed by atoms with Crippen molar-refractivity contribution in [2.75, 3.05) is 0 Å². The van der Waals surface area contributed by atoms with Crippen LogP contribution in [0.25, 0.3) is 0 Å². The zero-order valence-electron chi connectivity index (χ0n) is 9.62. The first-order chi connectivity index (χ1) is 7.93. The minimum absolute atomic E-state index is 0.0384. The fraction of sp³-hybridized carbons (Fsp3) is 0.500. The molecule has 0 aliphatic carbocycles. The van der Waals surface area contributed by atoms with Gasteiger partial charge in [0.2, 0.25) is 5.91 Å². The zero-order chi connectivity index (χ0) is 13.0. The molecule has 0 fully saturated rings. The Hall–Kier alpha value is -1.56. The maximum atomic E-state index is 11.5. The largest absolute Gasteiger partial charge is 0.352 e. The van der Waals surface area contributed by atoms with Gasteiger partial charge in [-0.05, 0) is 13.3 Å². The number of nitrogens with zero attached hydrogens (tertiary/aromatic N) is 1. The minimum Gasteiger partial charge on any atom is -0.352 e. The van der Waals surface area contributed by atoms with Crippen molar-refractivity contribution in [3.05, 3.63) is 32.1 Å². The highest BCUT2D eigenvalue weighted by atomic mass is 35.5. The Labute approximate surface area is 103 Å². The number of aromatic nitrogens is 2. The van der Waals surface area contributed by atoms with Gasteiger partial charge in [-0.25, -0.2) is 4.79 Å². The Morgan fingerprint density at radius 1 is 1.59 bits per heavy atom. The topological polar surface area (TPSA) is 84.0 Å². The highest BCUT2D eigenvalue weighted by molar-refractivity contribution is 6.30. The van der Waals surface area contributed by atoms with Crippen molar-refractivity contribution in [3.63, 3.8) is 0 Å². The van der Waals surface area contributed by atoms with E-state index in [2.05, 4.69) is 5.32 Å². The first-order valence-electron chi connectivity index (χ1n) is 5.22. The van der Waals surface area contributed by atoms with Crippen LogP contribution in [-0.4, -0.2) is 21.5 Å². The third-order valence-electron chi connectivity index (χ3n) is 2.30. The molecule has 0 aliphatic rings. The summed E-state index contributed by atoms with van der Waals surface area (Å²) in [5.41, 5.74) is -1.31. The van der Waals surface area contributed by atoms with Crippen molar-refractivity contribution < 1.29 is 4.79 Å². The van der Waals surface area contributed by atoms with Gasteiger partial charge in [0.1, 0.15) is 11.6 Å². The van der Waals surface area contributed by atoms with Crippen molar-refractivity contribution in [2.24, 2.45) is 0 Å². The van der Waals surface area contributed by atoms with Crippen molar-refractivity contribution in [3.8, 4) is 0 Å². The third kappa shape index (κ3) is 3.74. The van der Waals surface area contributed by atoms with Crippen LogP contribution in [0, 0.1) is 0 Å². The van der Waals surface area contributed by atoms with Crippen LogP contribution < -0.4 is 16.6 Å². The Balaban J connectivity index is 2.82. The first-order valence-corrected chi connectivity index (χ1v) is 5.60. The standard InChI is InChI=1S/C10H14ClN3O3/c1-3-6(2)12-8(15)5-14-4-7(11)9(16)13-10(14)17/h4,6H,3,5H2,1-2H3,(H,12,15)(H,13,16,17). The maximum Gasteiger partial charge on any atom is 0.328 e. The summed E-state index contributed by atoms with van der Waals surface area (Å²) in [5, 5.41) is 2.58. The normalized spacial score (nSPS) is 12.2. The summed E-state index contributed by atoms with van der Waals surface area (Å²) in [7, 11) is 0. The Kier molecular flexibility index (Phi) is 4.51. The minimum atomic E-state index is -0.657. The molecule has 7 heteroatoms. The van der Waals surface area contributed by atoms with Crippen LogP contribution in [-0.2, 0) is 11.3 Å². The van der Waals surface area contributed by atoms with E-state index in [9.17, 15) is 14.4 Å². The van der Waals surface area contributed by atoms with E-state index in [1.165, 1.54) is 0 Å². The number of nitrogens with one attached hydrogen (secondary N) is 2. The van der Waals surface area contributed by atoms with Gasteiger partial charge in [0.15, 0.2) is 0 Å². The molecule has 0 spiro atoms. The van der Waals surface area contributed by atoms with Crippen LogP contribution in [0.5, 0.6) is 0 Å². The summed E-state index contributed by atoms with van der Waals surface area (Å²) < 4.78 is 1.06. The lowest BCUT2D eigenvalue weighted by atomic mass is 10.2. The van der Waals surface area contributed by atoms with Gasteiger partial charge in [0.25, 0.3) is 5.56 Å². The number of aromatic amines is 1. The molecule has 0 bridgehead atoms. The lowest BCUT2D eigenvalue weighted by molar-refractivity contribution is -0.122. The van der Waals surface area contributed by atoms with Crippen molar-refractivity contribution in [1.82, 2.24) is 14.9 Å². The van der Waals surface area contributed by atoms with Gasteiger partial charge >= 0.3 is 5.69 Å². The number of carbonyl (C=O) groups is 1. The fourth-order valence-electron chi connectivity index (χ4n) is 1.18. The number of hydrogen-bond acceptors (Lipinski definition) is 3. The molecular weight excluding hydrogens is 246 g/mol.